The van der Waals surface area contributed by atoms with E-state index in [4.69, 9.17) is 14.2 Å². The molecule has 1 N–H and O–H groups in total. The smallest absolute Gasteiger partial charge is 0.407 e. The highest BCUT2D eigenvalue weighted by Crippen LogP contribution is 2.27. The second kappa shape index (κ2) is 34.4. The lowest BCUT2D eigenvalue weighted by atomic mass is 9.82. The number of aryl methyl sites for hydroxylation is 1. The maximum Gasteiger partial charge on any atom is 0.407 e. The zero-order valence-corrected chi connectivity index (χ0v) is 38.2. The van der Waals surface area contributed by atoms with Crippen molar-refractivity contribution in [3.8, 4) is 0 Å². The summed E-state index contributed by atoms with van der Waals surface area (Å²) in [5, 5.41) is 2.79. The molecule has 8 heteroatoms. The van der Waals surface area contributed by atoms with E-state index in [1.54, 1.807) is 6.08 Å². The van der Waals surface area contributed by atoms with Crippen LogP contribution in [0.3, 0.4) is 0 Å². The van der Waals surface area contributed by atoms with Crippen molar-refractivity contribution in [1.29, 1.82) is 0 Å². The number of hydrogen-bond acceptors (Lipinski definition) is 7. The van der Waals surface area contributed by atoms with E-state index in [9.17, 15) is 14.4 Å². The zero-order valence-electron chi connectivity index (χ0n) is 38.2. The van der Waals surface area contributed by atoms with E-state index < -0.39 is 29.8 Å². The average molecular weight is 761 g/mol. The molecular formula is C46H84N2O6. The van der Waals surface area contributed by atoms with Gasteiger partial charge in [-0.15, -0.1) is 0 Å². The van der Waals surface area contributed by atoms with Crippen LogP contribution in [0.25, 0.3) is 6.08 Å². The number of nitrogens with one attached hydrogen (secondary N) is 1. The average Bonchev–Trinajstić information content (AvgIpc) is 3.55. The van der Waals surface area contributed by atoms with E-state index >= 15 is 0 Å². The van der Waals surface area contributed by atoms with Gasteiger partial charge in [0.1, 0.15) is 17.7 Å². The minimum absolute atomic E-state index is 0.0215. The molecule has 0 aliphatic carbocycles. The topological polar surface area (TPSA) is 104 Å². The highest BCUT2D eigenvalue weighted by atomic mass is 16.6. The summed E-state index contributed by atoms with van der Waals surface area (Å²) in [6, 6.07) is 1.61. The second-order valence-corrected chi connectivity index (χ2v) is 13.4. The number of ketones is 2. The molecule has 0 bridgehead atoms. The highest BCUT2D eigenvalue weighted by Gasteiger charge is 2.42. The van der Waals surface area contributed by atoms with Crippen molar-refractivity contribution in [1.82, 2.24) is 10.3 Å². The molecule has 1 amide bonds. The molecule has 54 heavy (non-hydrogen) atoms. The largest absolute Gasteiger partial charge is 0.442 e. The lowest BCUT2D eigenvalue weighted by Gasteiger charge is -2.30. The number of allylic oxidation sites excluding steroid dienone is 3. The van der Waals surface area contributed by atoms with Crippen molar-refractivity contribution in [2.24, 2.45) is 23.7 Å². The van der Waals surface area contributed by atoms with Crippen molar-refractivity contribution in [3.05, 3.63) is 60.0 Å². The Balaban J connectivity index is -0.00000103. The Bertz CT molecular complexity index is 1190. The van der Waals surface area contributed by atoms with Crippen LogP contribution in [0.15, 0.2) is 43.1 Å². The van der Waals surface area contributed by atoms with Crippen molar-refractivity contribution in [2.75, 3.05) is 13.2 Å². The molecule has 1 aromatic heterocycles. The maximum absolute atomic E-state index is 13.5. The summed E-state index contributed by atoms with van der Waals surface area (Å²) < 4.78 is 17.5. The van der Waals surface area contributed by atoms with Crippen LogP contribution in [-0.2, 0) is 30.2 Å². The van der Waals surface area contributed by atoms with Crippen molar-refractivity contribution < 1.29 is 28.6 Å². The number of Topliss-reactive ketones (excluding diaryl/α,β-unsaturated/α-hetero) is 2. The molecule has 2 rings (SSSR count). The van der Waals surface area contributed by atoms with E-state index in [0.29, 0.717) is 13.0 Å². The van der Waals surface area contributed by atoms with Gasteiger partial charge in [0, 0.05) is 35.6 Å². The minimum atomic E-state index is -0.619. The Morgan fingerprint density at radius 3 is 2.04 bits per heavy atom. The summed E-state index contributed by atoms with van der Waals surface area (Å²) in [6.07, 6.45) is 12.6. The number of amides is 1. The standard InChI is InChI=1S/C35H52N2O6.C3H8.4C2H6/c1-11-12-13-16-29-18-28(20-36-26(29)7)15-14-17-42-35(9,10)19-23(4)33(39)25(6)31-30(43-34(40)37-31)21-41-27(8)24(5)32(38)22(2)3;1-3-2;4*1-2/h11-15,18,20,22-25,27,30-31H,1,16-17,19,21H2,2-10H3,(H,37,40);3H2,1-2H3;4*1-2H3/b13-12?,15-14+;;;;;/t23-,24?,25?,27?,30?,31-;;;;;/m1...../s1. The molecule has 1 aromatic rings. The summed E-state index contributed by atoms with van der Waals surface area (Å²) in [4.78, 5) is 42.4. The van der Waals surface area contributed by atoms with Gasteiger partial charge in [-0.1, -0.05) is 147 Å². The third kappa shape index (κ3) is 23.6. The first-order chi connectivity index (χ1) is 25.6. The van der Waals surface area contributed by atoms with Crippen molar-refractivity contribution >= 4 is 23.7 Å². The third-order valence-corrected chi connectivity index (χ3v) is 8.16. The molecule has 0 saturated carbocycles. The molecule has 314 valence electrons. The summed E-state index contributed by atoms with van der Waals surface area (Å²) in [5.41, 5.74) is 2.62. The molecule has 0 spiro atoms. The lowest BCUT2D eigenvalue weighted by Crippen LogP contribution is -2.45. The van der Waals surface area contributed by atoms with Crippen LogP contribution in [0.1, 0.15) is 154 Å². The molecule has 0 radical (unpaired) electrons. The van der Waals surface area contributed by atoms with Crippen molar-refractivity contribution in [2.45, 2.75) is 175 Å². The second-order valence-electron chi connectivity index (χ2n) is 13.4. The number of alkyl carbamates (subject to hydrolysis) is 1. The number of cyclic esters (lactones) is 1. The van der Waals surface area contributed by atoms with Crippen LogP contribution >= 0.6 is 0 Å². The fraction of sp³-hybridized carbons (Fsp3) is 0.696. The van der Waals surface area contributed by atoms with Crippen LogP contribution in [0.4, 0.5) is 4.79 Å². The Morgan fingerprint density at radius 1 is 0.963 bits per heavy atom. The van der Waals surface area contributed by atoms with Crippen LogP contribution in [0.2, 0.25) is 0 Å². The summed E-state index contributed by atoms with van der Waals surface area (Å²) in [6.45, 7) is 41.5. The molecule has 1 saturated heterocycles. The third-order valence-electron chi connectivity index (χ3n) is 8.16. The van der Waals surface area contributed by atoms with Crippen LogP contribution in [0, 0.1) is 30.6 Å². The molecule has 8 nitrogen and oxygen atoms in total. The van der Waals surface area contributed by atoms with E-state index in [0.717, 1.165) is 23.2 Å². The normalized spacial score (nSPS) is 16.9. The number of rotatable bonds is 18. The van der Waals surface area contributed by atoms with E-state index in [1.807, 2.05) is 142 Å². The van der Waals surface area contributed by atoms with Gasteiger partial charge in [0.25, 0.3) is 0 Å². The predicted octanol–water partition coefficient (Wildman–Crippen LogP) is 12.0. The molecule has 1 fully saturated rings. The highest BCUT2D eigenvalue weighted by molar-refractivity contribution is 5.85. The first-order valence-electron chi connectivity index (χ1n) is 20.8. The predicted molar refractivity (Wildman–Crippen MR) is 232 cm³/mol. The van der Waals surface area contributed by atoms with Gasteiger partial charge in [0.2, 0.25) is 0 Å². The summed E-state index contributed by atoms with van der Waals surface area (Å²) in [7, 11) is 0. The fourth-order valence-corrected chi connectivity index (χ4v) is 5.37. The van der Waals surface area contributed by atoms with Gasteiger partial charge < -0.3 is 19.5 Å². The maximum atomic E-state index is 13.5. The molecule has 6 atom stereocenters. The van der Waals surface area contributed by atoms with Crippen molar-refractivity contribution in [3.63, 3.8) is 0 Å². The molecular weight excluding hydrogens is 677 g/mol. The number of ether oxygens (including phenoxy) is 3. The number of aromatic nitrogens is 1. The number of carbonyl (C=O) groups is 3. The van der Waals surface area contributed by atoms with Gasteiger partial charge >= 0.3 is 6.09 Å². The SMILES string of the molecule is C=CC=CCc1cc(/C=C/COC(C)(C)C[C@@H](C)C(=O)C(C)[C@H]2NC(=O)OC2COC(C)C(C)C(=O)C(C)C)cnc1C.CC.CC.CC.CC.CCC. The van der Waals surface area contributed by atoms with Gasteiger partial charge in [0.15, 0.2) is 0 Å². The Labute approximate surface area is 333 Å². The fourth-order valence-electron chi connectivity index (χ4n) is 5.37. The van der Waals surface area contributed by atoms with Gasteiger partial charge in [-0.3, -0.25) is 14.6 Å². The molecule has 0 aromatic carbocycles. The quantitative estimate of drug-likeness (QED) is 0.149. The first-order valence-corrected chi connectivity index (χ1v) is 20.8. The Kier molecular flexibility index (Phi) is 36.7. The van der Waals surface area contributed by atoms with E-state index in [1.165, 1.54) is 6.42 Å². The molecule has 4 unspecified atom stereocenters. The van der Waals surface area contributed by atoms with Crippen LogP contribution < -0.4 is 5.32 Å². The van der Waals surface area contributed by atoms with E-state index in [2.05, 4.69) is 42.9 Å². The Morgan fingerprint density at radius 2 is 1.52 bits per heavy atom. The van der Waals surface area contributed by atoms with Gasteiger partial charge in [-0.05, 0) is 57.7 Å². The van der Waals surface area contributed by atoms with Crippen LogP contribution in [-0.4, -0.2) is 59.7 Å². The Hall–Kier alpha value is -3.10. The number of pyridine rings is 1. The van der Waals surface area contributed by atoms with Gasteiger partial charge in [-0.25, -0.2) is 4.79 Å². The first kappa shape index (κ1) is 57.6. The van der Waals surface area contributed by atoms with Crippen LogP contribution in [0.5, 0.6) is 0 Å². The molecule has 2 heterocycles. The number of nitrogens with zero attached hydrogens (tertiary/aromatic N) is 1. The van der Waals surface area contributed by atoms with Gasteiger partial charge in [-0.2, -0.15) is 0 Å². The lowest BCUT2D eigenvalue weighted by molar-refractivity contribution is -0.131. The molecule has 1 aliphatic heterocycles. The summed E-state index contributed by atoms with van der Waals surface area (Å²) in [5.74, 6) is -1.01. The van der Waals surface area contributed by atoms with E-state index in [-0.39, 0.29) is 42.0 Å². The monoisotopic (exact) mass is 761 g/mol. The van der Waals surface area contributed by atoms with Gasteiger partial charge in [0.05, 0.1) is 31.0 Å². The molecule has 1 aliphatic rings. The number of carbonyl (C=O) groups excluding carboxylic acids is 3. The minimum Gasteiger partial charge on any atom is -0.442 e. The summed E-state index contributed by atoms with van der Waals surface area (Å²) >= 11 is 0. The zero-order chi connectivity index (χ0) is 43.0. The number of hydrogen-bond donors (Lipinski definition) is 1.